The van der Waals surface area contributed by atoms with Gasteiger partial charge in [0.2, 0.25) is 0 Å². The average molecular weight is 231 g/mol. The lowest BCUT2D eigenvalue weighted by molar-refractivity contribution is -0.389. The van der Waals surface area contributed by atoms with Crippen molar-refractivity contribution in [2.45, 2.75) is 0 Å². The minimum atomic E-state index is -0.598. The van der Waals surface area contributed by atoms with Gasteiger partial charge >= 0.3 is 5.82 Å². The Morgan fingerprint density at radius 2 is 1.94 bits per heavy atom. The molecule has 0 radical (unpaired) electrons. The van der Waals surface area contributed by atoms with Gasteiger partial charge in [-0.2, -0.15) is 0 Å². The quantitative estimate of drug-likeness (QED) is 0.467. The maximum atomic E-state index is 10.6. The van der Waals surface area contributed by atoms with Gasteiger partial charge < -0.3 is 21.0 Å². The van der Waals surface area contributed by atoms with Crippen LogP contribution in [0, 0.1) is 10.1 Å². The molecule has 0 aliphatic carbocycles. The average Bonchev–Trinajstić information content (AvgIpc) is 2.29. The Balaban J connectivity index is 2.61. The number of anilines is 1. The Kier molecular flexibility index (Phi) is 2.61. The summed E-state index contributed by atoms with van der Waals surface area (Å²) in [7, 11) is 0. The number of phenols is 1. The zero-order valence-electron chi connectivity index (χ0n) is 8.70. The highest BCUT2D eigenvalue weighted by Crippen LogP contribution is 2.33. The highest BCUT2D eigenvalue weighted by Gasteiger charge is 2.16. The van der Waals surface area contributed by atoms with Crippen LogP contribution in [0.3, 0.4) is 0 Å². The predicted molar refractivity (Wildman–Crippen MR) is 62.4 cm³/mol. The predicted octanol–water partition coefficient (Wildman–Crippen LogP) is 1.94. The molecule has 0 amide bonds. The molecule has 3 N–H and O–H groups in total. The topological polar surface area (TPSA) is 102 Å². The molecular weight excluding hydrogens is 222 g/mol. The first-order chi connectivity index (χ1) is 8.09. The Morgan fingerprint density at radius 1 is 1.24 bits per heavy atom. The van der Waals surface area contributed by atoms with Crippen molar-refractivity contribution in [2.24, 2.45) is 0 Å². The van der Waals surface area contributed by atoms with Gasteiger partial charge in [-0.3, -0.25) is 0 Å². The molecule has 0 aliphatic heterocycles. The van der Waals surface area contributed by atoms with Gasteiger partial charge in [0.15, 0.2) is 5.69 Å². The van der Waals surface area contributed by atoms with Crippen molar-refractivity contribution in [3.63, 3.8) is 0 Å². The second kappa shape index (κ2) is 4.09. The van der Waals surface area contributed by atoms with E-state index in [0.29, 0.717) is 11.3 Å². The molecule has 0 spiro atoms. The van der Waals surface area contributed by atoms with Gasteiger partial charge in [-0.25, -0.2) is 0 Å². The molecule has 1 aromatic heterocycles. The van der Waals surface area contributed by atoms with E-state index in [2.05, 4.69) is 4.98 Å². The summed E-state index contributed by atoms with van der Waals surface area (Å²) in [5, 5.41) is 20.3. The normalized spacial score (nSPS) is 10.1. The monoisotopic (exact) mass is 231 g/mol. The largest absolute Gasteiger partial charge is 0.507 e. The van der Waals surface area contributed by atoms with Crippen molar-refractivity contribution >= 4 is 11.5 Å². The Morgan fingerprint density at radius 3 is 2.59 bits per heavy atom. The van der Waals surface area contributed by atoms with E-state index in [9.17, 15) is 15.2 Å². The maximum Gasteiger partial charge on any atom is 0.364 e. The minimum Gasteiger partial charge on any atom is -0.507 e. The number of nitrogen functional groups attached to an aromatic ring is 1. The van der Waals surface area contributed by atoms with E-state index < -0.39 is 4.92 Å². The van der Waals surface area contributed by atoms with E-state index >= 15 is 0 Å². The van der Waals surface area contributed by atoms with Crippen LogP contribution >= 0.6 is 0 Å². The number of rotatable bonds is 2. The summed E-state index contributed by atoms with van der Waals surface area (Å²) >= 11 is 0. The summed E-state index contributed by atoms with van der Waals surface area (Å²) in [5.41, 5.74) is 6.60. The van der Waals surface area contributed by atoms with Crippen LogP contribution in [0.15, 0.2) is 36.4 Å². The van der Waals surface area contributed by atoms with Gasteiger partial charge in [-0.05, 0) is 34.2 Å². The third-order valence-corrected chi connectivity index (χ3v) is 2.25. The summed E-state index contributed by atoms with van der Waals surface area (Å²) in [6, 6.07) is 8.96. The zero-order valence-corrected chi connectivity index (χ0v) is 8.70. The maximum absolute atomic E-state index is 10.6. The van der Waals surface area contributed by atoms with Crippen LogP contribution in [-0.2, 0) is 0 Å². The molecule has 17 heavy (non-hydrogen) atoms. The van der Waals surface area contributed by atoms with Gasteiger partial charge in [-0.15, -0.1) is 0 Å². The second-order valence-corrected chi connectivity index (χ2v) is 3.38. The van der Waals surface area contributed by atoms with Crippen molar-refractivity contribution in [2.75, 3.05) is 5.73 Å². The number of nitrogens with zero attached hydrogens (tertiary/aromatic N) is 2. The molecule has 1 heterocycles. The van der Waals surface area contributed by atoms with Crippen LogP contribution in [0.1, 0.15) is 0 Å². The fraction of sp³-hybridized carbons (Fsp3) is 0. The Labute approximate surface area is 96.5 Å². The molecule has 86 valence electrons. The van der Waals surface area contributed by atoms with Crippen molar-refractivity contribution in [1.82, 2.24) is 4.98 Å². The SMILES string of the molecule is Nc1cccc(O)c1-c1cccc([N+](=O)[O-])n1. The number of benzene rings is 1. The van der Waals surface area contributed by atoms with Crippen LogP contribution < -0.4 is 5.73 Å². The van der Waals surface area contributed by atoms with Crippen LogP contribution in [-0.4, -0.2) is 15.0 Å². The summed E-state index contributed by atoms with van der Waals surface area (Å²) in [6.07, 6.45) is 0. The molecular formula is C11H9N3O3. The first kappa shape index (κ1) is 10.9. The number of hydrogen-bond donors (Lipinski definition) is 2. The standard InChI is InChI=1S/C11H9N3O3/c12-7-3-1-5-9(15)11(7)8-4-2-6-10(13-8)14(16)17/h1-6,15H,12H2. The molecule has 0 atom stereocenters. The fourth-order valence-electron chi connectivity index (χ4n) is 1.50. The van der Waals surface area contributed by atoms with E-state index in [4.69, 9.17) is 5.73 Å². The molecule has 0 unspecified atom stereocenters. The summed E-state index contributed by atoms with van der Waals surface area (Å²) in [6.45, 7) is 0. The first-order valence-corrected chi connectivity index (χ1v) is 4.79. The van der Waals surface area contributed by atoms with Crippen LogP contribution in [0.25, 0.3) is 11.3 Å². The van der Waals surface area contributed by atoms with Crippen LogP contribution in [0.2, 0.25) is 0 Å². The molecule has 0 saturated carbocycles. The van der Waals surface area contributed by atoms with E-state index in [1.807, 2.05) is 0 Å². The number of aromatic hydroxyl groups is 1. The van der Waals surface area contributed by atoms with Gasteiger partial charge in [0.25, 0.3) is 0 Å². The summed E-state index contributed by atoms with van der Waals surface area (Å²) in [5.74, 6) is -0.344. The highest BCUT2D eigenvalue weighted by molar-refractivity contribution is 5.79. The molecule has 2 aromatic rings. The lowest BCUT2D eigenvalue weighted by Gasteiger charge is -2.04. The zero-order chi connectivity index (χ0) is 12.4. The molecule has 0 fully saturated rings. The van der Waals surface area contributed by atoms with Crippen LogP contribution in [0.5, 0.6) is 5.75 Å². The number of aromatic nitrogens is 1. The van der Waals surface area contributed by atoms with Gasteiger partial charge in [0, 0.05) is 11.8 Å². The van der Waals surface area contributed by atoms with Gasteiger partial charge in [-0.1, -0.05) is 6.07 Å². The minimum absolute atomic E-state index is 0.0574. The molecule has 1 aromatic carbocycles. The van der Waals surface area contributed by atoms with E-state index in [1.54, 1.807) is 18.2 Å². The van der Waals surface area contributed by atoms with E-state index in [-0.39, 0.29) is 17.3 Å². The molecule has 6 nitrogen and oxygen atoms in total. The third-order valence-electron chi connectivity index (χ3n) is 2.25. The van der Waals surface area contributed by atoms with Crippen molar-refractivity contribution in [3.8, 4) is 17.0 Å². The number of phenolic OH excluding ortho intramolecular Hbond substituents is 1. The van der Waals surface area contributed by atoms with Crippen molar-refractivity contribution in [3.05, 3.63) is 46.5 Å². The van der Waals surface area contributed by atoms with Crippen molar-refractivity contribution in [1.29, 1.82) is 0 Å². The van der Waals surface area contributed by atoms with Crippen LogP contribution in [0.4, 0.5) is 11.5 Å². The Bertz CT molecular complexity index is 564. The molecule has 0 saturated heterocycles. The molecule has 6 heteroatoms. The fourth-order valence-corrected chi connectivity index (χ4v) is 1.50. The van der Waals surface area contributed by atoms with Crippen molar-refractivity contribution < 1.29 is 10.0 Å². The molecule has 0 aliphatic rings. The second-order valence-electron chi connectivity index (χ2n) is 3.38. The molecule has 2 rings (SSSR count). The lowest BCUT2D eigenvalue weighted by Crippen LogP contribution is -1.96. The summed E-state index contributed by atoms with van der Waals surface area (Å²) in [4.78, 5) is 13.8. The highest BCUT2D eigenvalue weighted by atomic mass is 16.6. The number of nitro groups is 1. The summed E-state index contributed by atoms with van der Waals surface area (Å²) < 4.78 is 0. The lowest BCUT2D eigenvalue weighted by atomic mass is 10.1. The molecule has 0 bridgehead atoms. The van der Waals surface area contributed by atoms with E-state index in [0.717, 1.165) is 0 Å². The third kappa shape index (κ3) is 2.00. The van der Waals surface area contributed by atoms with Gasteiger partial charge in [0.1, 0.15) is 5.75 Å². The van der Waals surface area contributed by atoms with E-state index in [1.165, 1.54) is 18.2 Å². The number of nitrogens with two attached hydrogens (primary N) is 1. The number of hydrogen-bond acceptors (Lipinski definition) is 5. The van der Waals surface area contributed by atoms with Gasteiger partial charge in [0.05, 0.1) is 5.56 Å². The first-order valence-electron chi connectivity index (χ1n) is 4.79. The smallest absolute Gasteiger partial charge is 0.364 e. The Hall–Kier alpha value is -2.63. The number of pyridine rings is 1.